The van der Waals surface area contributed by atoms with Crippen molar-refractivity contribution in [2.75, 3.05) is 27.4 Å². The van der Waals surface area contributed by atoms with Crippen LogP contribution in [0.1, 0.15) is 6.92 Å². The van der Waals surface area contributed by atoms with E-state index in [4.69, 9.17) is 28.4 Å². The number of rotatable bonds is 9. The van der Waals surface area contributed by atoms with Crippen LogP contribution in [-0.4, -0.2) is 69.1 Å². The van der Waals surface area contributed by atoms with Crippen molar-refractivity contribution in [3.63, 3.8) is 0 Å². The Kier molecular flexibility index (Phi) is 7.34. The summed E-state index contributed by atoms with van der Waals surface area (Å²) >= 11 is 0. The first kappa shape index (κ1) is 20.1. The summed E-state index contributed by atoms with van der Waals surface area (Å²) in [6, 6.07) is 6.41. The van der Waals surface area contributed by atoms with Crippen LogP contribution in [-0.2, 0) is 28.5 Å². The molecule has 0 aliphatic carbocycles. The van der Waals surface area contributed by atoms with Crippen molar-refractivity contribution in [1.29, 1.82) is 0 Å². The largest absolute Gasteiger partial charge is 0.486 e. The van der Waals surface area contributed by atoms with Gasteiger partial charge in [0.05, 0.1) is 0 Å². The smallest absolute Gasteiger partial charge is 0.344 e. The first-order chi connectivity index (χ1) is 12.4. The summed E-state index contributed by atoms with van der Waals surface area (Å²) in [6.45, 7) is 1.05. The molecule has 1 aromatic carbocycles. The third kappa shape index (κ3) is 5.40. The first-order valence-electron chi connectivity index (χ1n) is 7.88. The second-order valence-electron chi connectivity index (χ2n) is 5.54. The number of aliphatic hydroxyl groups excluding tert-OH is 1. The number of esters is 1. The van der Waals surface area contributed by atoms with E-state index in [-0.39, 0.29) is 19.0 Å². The van der Waals surface area contributed by atoms with E-state index in [0.29, 0.717) is 11.5 Å². The van der Waals surface area contributed by atoms with E-state index in [1.165, 1.54) is 21.1 Å². The van der Waals surface area contributed by atoms with E-state index in [0.717, 1.165) is 0 Å². The molecule has 4 atom stereocenters. The molecule has 9 heteroatoms. The molecule has 9 nitrogen and oxygen atoms in total. The fourth-order valence-corrected chi connectivity index (χ4v) is 2.26. The number of hydrogen-bond donors (Lipinski definition) is 1. The number of carbonyl (C=O) groups is 2. The molecule has 0 saturated carbocycles. The van der Waals surface area contributed by atoms with Gasteiger partial charge in [-0.3, -0.25) is 4.79 Å². The molecule has 0 radical (unpaired) electrons. The molecule has 1 fully saturated rings. The van der Waals surface area contributed by atoms with Gasteiger partial charge in [0.25, 0.3) is 0 Å². The highest BCUT2D eigenvalue weighted by atomic mass is 16.8. The SMILES string of the molecule is CO[C@H]1O[C@@H](OC)C(OC(=O)COc2ccc(OCC(C)=O)cc2)C1O. The lowest BCUT2D eigenvalue weighted by atomic mass is 10.2. The summed E-state index contributed by atoms with van der Waals surface area (Å²) in [7, 11) is 2.72. The zero-order valence-corrected chi connectivity index (χ0v) is 14.7. The maximum Gasteiger partial charge on any atom is 0.344 e. The van der Waals surface area contributed by atoms with E-state index < -0.39 is 30.8 Å². The van der Waals surface area contributed by atoms with Crippen LogP contribution in [0, 0.1) is 0 Å². The van der Waals surface area contributed by atoms with Crippen molar-refractivity contribution in [2.24, 2.45) is 0 Å². The molecule has 1 aromatic rings. The third-order valence-corrected chi connectivity index (χ3v) is 3.51. The Labute approximate surface area is 150 Å². The van der Waals surface area contributed by atoms with Gasteiger partial charge in [0.15, 0.2) is 31.1 Å². The van der Waals surface area contributed by atoms with Gasteiger partial charge in [0.1, 0.15) is 24.2 Å². The second kappa shape index (κ2) is 9.48. The average Bonchev–Trinajstić information content (AvgIpc) is 2.94. The highest BCUT2D eigenvalue weighted by Gasteiger charge is 2.47. The minimum Gasteiger partial charge on any atom is -0.486 e. The van der Waals surface area contributed by atoms with Gasteiger partial charge >= 0.3 is 5.97 Å². The predicted molar refractivity (Wildman–Crippen MR) is 86.7 cm³/mol. The molecule has 1 saturated heterocycles. The van der Waals surface area contributed by atoms with Gasteiger partial charge in [-0.05, 0) is 31.2 Å². The van der Waals surface area contributed by atoms with E-state index in [9.17, 15) is 14.7 Å². The second-order valence-corrected chi connectivity index (χ2v) is 5.54. The molecule has 26 heavy (non-hydrogen) atoms. The van der Waals surface area contributed by atoms with Gasteiger partial charge in [-0.15, -0.1) is 0 Å². The fourth-order valence-electron chi connectivity index (χ4n) is 2.26. The minimum absolute atomic E-state index is 0.0125. The molecule has 0 amide bonds. The lowest BCUT2D eigenvalue weighted by Crippen LogP contribution is -2.39. The molecule has 1 aliphatic heterocycles. The summed E-state index contributed by atoms with van der Waals surface area (Å²) in [5.74, 6) is 0.137. The van der Waals surface area contributed by atoms with Gasteiger partial charge in [-0.2, -0.15) is 0 Å². The average molecular weight is 370 g/mol. The maximum atomic E-state index is 11.9. The van der Waals surface area contributed by atoms with Crippen LogP contribution in [0.2, 0.25) is 0 Å². The Hall–Kier alpha value is -2.20. The molecular weight excluding hydrogens is 348 g/mol. The van der Waals surface area contributed by atoms with Crippen molar-refractivity contribution in [3.8, 4) is 11.5 Å². The molecule has 2 rings (SSSR count). The van der Waals surface area contributed by atoms with Crippen LogP contribution in [0.25, 0.3) is 0 Å². The predicted octanol–water partition coefficient (Wildman–Crippen LogP) is 0.281. The molecule has 2 unspecified atom stereocenters. The Balaban J connectivity index is 1.82. The summed E-state index contributed by atoms with van der Waals surface area (Å²) in [6.07, 6.45) is -4.08. The number of Topliss-reactive ketones (excluding diaryl/α,β-unsaturated/α-hetero) is 1. The molecule has 0 bridgehead atoms. The minimum atomic E-state index is -1.17. The molecule has 1 heterocycles. The highest BCUT2D eigenvalue weighted by Crippen LogP contribution is 2.25. The van der Waals surface area contributed by atoms with Crippen LogP contribution < -0.4 is 9.47 Å². The Morgan fingerprint density at radius 3 is 2.04 bits per heavy atom. The maximum absolute atomic E-state index is 11.9. The van der Waals surface area contributed by atoms with Gasteiger partial charge in [-0.1, -0.05) is 0 Å². The zero-order chi connectivity index (χ0) is 19.1. The van der Waals surface area contributed by atoms with E-state index >= 15 is 0 Å². The molecule has 1 aliphatic rings. The van der Waals surface area contributed by atoms with Gasteiger partial charge in [-0.25, -0.2) is 4.79 Å². The Morgan fingerprint density at radius 2 is 1.54 bits per heavy atom. The molecule has 0 aromatic heterocycles. The number of benzene rings is 1. The summed E-state index contributed by atoms with van der Waals surface area (Å²) in [5.41, 5.74) is 0. The van der Waals surface area contributed by atoms with Crippen molar-refractivity contribution >= 4 is 11.8 Å². The van der Waals surface area contributed by atoms with E-state index in [2.05, 4.69) is 0 Å². The lowest BCUT2D eigenvalue weighted by Gasteiger charge is -2.19. The highest BCUT2D eigenvalue weighted by molar-refractivity contribution is 5.77. The lowest BCUT2D eigenvalue weighted by molar-refractivity contribution is -0.209. The Morgan fingerprint density at radius 1 is 1.00 bits per heavy atom. The molecule has 0 spiro atoms. The number of carbonyl (C=O) groups excluding carboxylic acids is 2. The summed E-state index contributed by atoms with van der Waals surface area (Å²) < 4.78 is 30.9. The van der Waals surface area contributed by atoms with E-state index in [1.807, 2.05) is 0 Å². The third-order valence-electron chi connectivity index (χ3n) is 3.51. The monoisotopic (exact) mass is 370 g/mol. The van der Waals surface area contributed by atoms with Crippen LogP contribution in [0.5, 0.6) is 11.5 Å². The topological polar surface area (TPSA) is 110 Å². The van der Waals surface area contributed by atoms with Crippen LogP contribution in [0.3, 0.4) is 0 Å². The van der Waals surface area contributed by atoms with Crippen LogP contribution in [0.4, 0.5) is 0 Å². The normalized spacial score (nSPS) is 24.9. The van der Waals surface area contributed by atoms with Crippen LogP contribution in [0.15, 0.2) is 24.3 Å². The summed E-state index contributed by atoms with van der Waals surface area (Å²) in [5, 5.41) is 10.0. The van der Waals surface area contributed by atoms with Crippen LogP contribution >= 0.6 is 0 Å². The van der Waals surface area contributed by atoms with Crippen molar-refractivity contribution in [3.05, 3.63) is 24.3 Å². The first-order valence-corrected chi connectivity index (χ1v) is 7.88. The number of aliphatic hydroxyl groups is 1. The van der Waals surface area contributed by atoms with Gasteiger partial charge in [0, 0.05) is 14.2 Å². The molecular formula is C17H22O9. The van der Waals surface area contributed by atoms with Crippen molar-refractivity contribution < 1.29 is 43.1 Å². The zero-order valence-electron chi connectivity index (χ0n) is 14.7. The van der Waals surface area contributed by atoms with Crippen molar-refractivity contribution in [1.82, 2.24) is 0 Å². The molecule has 1 N–H and O–H groups in total. The number of ether oxygens (including phenoxy) is 6. The quantitative estimate of drug-likeness (QED) is 0.613. The standard InChI is InChI=1S/C17H22O9/c1-10(18)8-23-11-4-6-12(7-5-11)24-9-13(19)25-15-14(20)16(21-2)26-17(15)22-3/h4-7,14-17,20H,8-9H2,1-3H3/t14?,15?,16-,17+/m0/s1. The van der Waals surface area contributed by atoms with Gasteiger partial charge in [0.2, 0.25) is 0 Å². The van der Waals surface area contributed by atoms with E-state index in [1.54, 1.807) is 24.3 Å². The number of hydrogen-bond acceptors (Lipinski definition) is 9. The number of ketones is 1. The van der Waals surface area contributed by atoms with Crippen molar-refractivity contribution in [2.45, 2.75) is 31.7 Å². The molecule has 144 valence electrons. The number of methoxy groups -OCH3 is 2. The Bertz CT molecular complexity index is 599. The fraction of sp³-hybridized carbons (Fsp3) is 0.529. The van der Waals surface area contributed by atoms with Gasteiger partial charge < -0.3 is 33.5 Å². The summed E-state index contributed by atoms with van der Waals surface area (Å²) in [4.78, 5) is 22.8.